The predicted molar refractivity (Wildman–Crippen MR) is 85.4 cm³/mol. The highest BCUT2D eigenvalue weighted by Crippen LogP contribution is 2.37. The fourth-order valence-corrected chi connectivity index (χ4v) is 2.81. The Bertz CT molecular complexity index is 711. The quantitative estimate of drug-likeness (QED) is 0.897. The number of hydrogen-bond acceptors (Lipinski definition) is 5. The summed E-state index contributed by atoms with van der Waals surface area (Å²) in [6.07, 6.45) is -4.58. The second-order valence-electron chi connectivity index (χ2n) is 5.56. The van der Waals surface area contributed by atoms with Gasteiger partial charge < -0.3 is 16.0 Å². The van der Waals surface area contributed by atoms with Crippen molar-refractivity contribution >= 4 is 5.82 Å². The van der Waals surface area contributed by atoms with E-state index in [1.807, 2.05) is 4.90 Å². The number of hydrogen-bond donors (Lipinski definition) is 2. The fraction of sp³-hybridized carbons (Fsp3) is 0.375. The van der Waals surface area contributed by atoms with Crippen molar-refractivity contribution in [2.45, 2.75) is 12.7 Å². The summed E-state index contributed by atoms with van der Waals surface area (Å²) in [5.74, 6) is 0.450. The Morgan fingerprint density at radius 1 is 1.08 bits per heavy atom. The molecule has 8 heteroatoms. The molecule has 0 aliphatic carbocycles. The van der Waals surface area contributed by atoms with E-state index < -0.39 is 11.9 Å². The van der Waals surface area contributed by atoms with Gasteiger partial charge in [-0.1, -0.05) is 24.3 Å². The SMILES string of the molecule is NCc1ccccc1-c1cc(N2CCNCC2)nnc1C(F)(F)F. The van der Waals surface area contributed by atoms with Crippen LogP contribution in [0.3, 0.4) is 0 Å². The molecule has 0 amide bonds. The minimum Gasteiger partial charge on any atom is -0.353 e. The molecule has 128 valence electrons. The number of halogens is 3. The van der Waals surface area contributed by atoms with Crippen LogP contribution in [0, 0.1) is 0 Å². The maximum absolute atomic E-state index is 13.4. The van der Waals surface area contributed by atoms with E-state index in [2.05, 4.69) is 15.5 Å². The van der Waals surface area contributed by atoms with Crippen LogP contribution < -0.4 is 16.0 Å². The van der Waals surface area contributed by atoms with Gasteiger partial charge in [0.15, 0.2) is 11.5 Å². The molecule has 2 heterocycles. The van der Waals surface area contributed by atoms with Gasteiger partial charge in [-0.05, 0) is 17.2 Å². The number of benzene rings is 1. The number of piperazine rings is 1. The Labute approximate surface area is 137 Å². The first-order valence-electron chi connectivity index (χ1n) is 7.69. The average molecular weight is 337 g/mol. The second kappa shape index (κ2) is 6.74. The molecule has 0 radical (unpaired) electrons. The topological polar surface area (TPSA) is 67.1 Å². The molecule has 1 aliphatic rings. The summed E-state index contributed by atoms with van der Waals surface area (Å²) in [4.78, 5) is 1.93. The second-order valence-corrected chi connectivity index (χ2v) is 5.56. The number of nitrogens with zero attached hydrogens (tertiary/aromatic N) is 3. The first-order chi connectivity index (χ1) is 11.5. The minimum atomic E-state index is -4.58. The highest BCUT2D eigenvalue weighted by atomic mass is 19.4. The third kappa shape index (κ3) is 3.34. The molecule has 0 bridgehead atoms. The summed E-state index contributed by atoms with van der Waals surface area (Å²) in [5.41, 5.74) is 5.81. The van der Waals surface area contributed by atoms with Crippen molar-refractivity contribution in [1.29, 1.82) is 0 Å². The maximum Gasteiger partial charge on any atom is 0.435 e. The maximum atomic E-state index is 13.4. The van der Waals surface area contributed by atoms with E-state index in [-0.39, 0.29) is 12.1 Å². The number of nitrogens with one attached hydrogen (secondary N) is 1. The van der Waals surface area contributed by atoms with E-state index >= 15 is 0 Å². The zero-order chi connectivity index (χ0) is 17.2. The molecular formula is C16H18F3N5. The van der Waals surface area contributed by atoms with Crippen LogP contribution in [0.4, 0.5) is 19.0 Å². The van der Waals surface area contributed by atoms with Gasteiger partial charge in [0, 0.05) is 38.3 Å². The largest absolute Gasteiger partial charge is 0.435 e. The van der Waals surface area contributed by atoms with Crippen LogP contribution >= 0.6 is 0 Å². The monoisotopic (exact) mass is 337 g/mol. The summed E-state index contributed by atoms with van der Waals surface area (Å²) >= 11 is 0. The van der Waals surface area contributed by atoms with Crippen LogP contribution in [0.2, 0.25) is 0 Å². The molecule has 1 fully saturated rings. The number of aromatic nitrogens is 2. The Morgan fingerprint density at radius 3 is 2.46 bits per heavy atom. The van der Waals surface area contributed by atoms with Crippen LogP contribution in [0.15, 0.2) is 30.3 Å². The molecule has 1 aliphatic heterocycles. The predicted octanol–water partition coefficient (Wildman–Crippen LogP) is 2.03. The van der Waals surface area contributed by atoms with Gasteiger partial charge >= 0.3 is 6.18 Å². The number of nitrogens with two attached hydrogens (primary N) is 1. The molecule has 0 atom stereocenters. The molecule has 3 N–H and O–H groups in total. The summed E-state index contributed by atoms with van der Waals surface area (Å²) in [6, 6.07) is 8.27. The van der Waals surface area contributed by atoms with E-state index in [4.69, 9.17) is 5.73 Å². The molecule has 5 nitrogen and oxygen atoms in total. The van der Waals surface area contributed by atoms with Gasteiger partial charge in [0.05, 0.1) is 0 Å². The van der Waals surface area contributed by atoms with E-state index in [9.17, 15) is 13.2 Å². The van der Waals surface area contributed by atoms with Crippen LogP contribution in [-0.2, 0) is 12.7 Å². The number of alkyl halides is 3. The lowest BCUT2D eigenvalue weighted by molar-refractivity contribution is -0.141. The van der Waals surface area contributed by atoms with Gasteiger partial charge in [0.25, 0.3) is 0 Å². The minimum absolute atomic E-state index is 0.0204. The van der Waals surface area contributed by atoms with Gasteiger partial charge in [-0.3, -0.25) is 0 Å². The van der Waals surface area contributed by atoms with Crippen molar-refractivity contribution in [3.8, 4) is 11.1 Å². The van der Waals surface area contributed by atoms with Gasteiger partial charge in [0.2, 0.25) is 0 Å². The zero-order valence-corrected chi connectivity index (χ0v) is 13.0. The van der Waals surface area contributed by atoms with Crippen LogP contribution in [0.1, 0.15) is 11.3 Å². The fourth-order valence-electron chi connectivity index (χ4n) is 2.81. The Balaban J connectivity index is 2.12. The summed E-state index contributed by atoms with van der Waals surface area (Å²) in [5, 5.41) is 10.5. The van der Waals surface area contributed by atoms with E-state index in [1.165, 1.54) is 6.07 Å². The number of rotatable bonds is 3. The smallest absolute Gasteiger partial charge is 0.353 e. The van der Waals surface area contributed by atoms with Crippen molar-refractivity contribution in [3.05, 3.63) is 41.6 Å². The molecule has 0 spiro atoms. The zero-order valence-electron chi connectivity index (χ0n) is 13.0. The highest BCUT2D eigenvalue weighted by molar-refractivity contribution is 5.72. The lowest BCUT2D eigenvalue weighted by Crippen LogP contribution is -2.44. The molecule has 3 rings (SSSR count). The molecular weight excluding hydrogens is 319 g/mol. The van der Waals surface area contributed by atoms with Gasteiger partial charge in [-0.15, -0.1) is 10.2 Å². The molecule has 0 unspecified atom stereocenters. The Morgan fingerprint density at radius 2 is 1.79 bits per heavy atom. The van der Waals surface area contributed by atoms with Crippen LogP contribution in [-0.4, -0.2) is 36.4 Å². The Hall–Kier alpha value is -2.19. The number of anilines is 1. The summed E-state index contributed by atoms with van der Waals surface area (Å²) in [6.45, 7) is 3.03. The molecule has 24 heavy (non-hydrogen) atoms. The lowest BCUT2D eigenvalue weighted by atomic mass is 9.98. The van der Waals surface area contributed by atoms with Crippen molar-refractivity contribution in [2.75, 3.05) is 31.1 Å². The van der Waals surface area contributed by atoms with Gasteiger partial charge in [-0.2, -0.15) is 13.2 Å². The van der Waals surface area contributed by atoms with E-state index in [1.54, 1.807) is 24.3 Å². The third-order valence-corrected chi connectivity index (χ3v) is 4.02. The third-order valence-electron chi connectivity index (χ3n) is 4.02. The lowest BCUT2D eigenvalue weighted by Gasteiger charge is -2.28. The summed E-state index contributed by atoms with van der Waals surface area (Å²) < 4.78 is 40.2. The van der Waals surface area contributed by atoms with E-state index in [0.717, 1.165) is 13.1 Å². The normalized spacial score (nSPS) is 15.6. The summed E-state index contributed by atoms with van der Waals surface area (Å²) in [7, 11) is 0. The van der Waals surface area contributed by atoms with Crippen LogP contribution in [0.5, 0.6) is 0 Å². The average Bonchev–Trinajstić information content (AvgIpc) is 2.61. The van der Waals surface area contributed by atoms with Crippen molar-refractivity contribution < 1.29 is 13.2 Å². The molecule has 1 saturated heterocycles. The first kappa shape index (κ1) is 16.7. The van der Waals surface area contributed by atoms with Gasteiger partial charge in [0.1, 0.15) is 0 Å². The van der Waals surface area contributed by atoms with Crippen LogP contribution in [0.25, 0.3) is 11.1 Å². The van der Waals surface area contributed by atoms with Gasteiger partial charge in [-0.25, -0.2) is 0 Å². The standard InChI is InChI=1S/C16H18F3N5/c17-16(18,19)15-13(12-4-2-1-3-11(12)10-20)9-14(22-23-15)24-7-5-21-6-8-24/h1-4,9,21H,5-8,10,20H2. The molecule has 0 saturated carbocycles. The van der Waals surface area contributed by atoms with Crippen molar-refractivity contribution in [2.24, 2.45) is 5.73 Å². The van der Waals surface area contributed by atoms with E-state index in [0.29, 0.717) is 30.0 Å². The Kier molecular flexibility index (Phi) is 4.68. The highest BCUT2D eigenvalue weighted by Gasteiger charge is 2.37. The molecule has 2 aromatic rings. The first-order valence-corrected chi connectivity index (χ1v) is 7.69. The van der Waals surface area contributed by atoms with Crippen molar-refractivity contribution in [3.63, 3.8) is 0 Å². The molecule has 1 aromatic carbocycles. The van der Waals surface area contributed by atoms with Crippen molar-refractivity contribution in [1.82, 2.24) is 15.5 Å². The molecule has 1 aromatic heterocycles.